The molecule has 0 aliphatic heterocycles. The fraction of sp³-hybridized carbons (Fsp3) is 0. The molecule has 6 aromatic rings. The molecule has 0 saturated carbocycles. The van der Waals surface area contributed by atoms with Crippen LogP contribution < -0.4 is 4.90 Å². The van der Waals surface area contributed by atoms with Crippen LogP contribution in [0.1, 0.15) is 0 Å². The summed E-state index contributed by atoms with van der Waals surface area (Å²) in [4.78, 5) is 1.93. The van der Waals surface area contributed by atoms with Gasteiger partial charge in [0, 0.05) is 28.3 Å². The monoisotopic (exact) mass is 367 g/mol. The molecule has 4 aromatic carbocycles. The number of hydrogen-bond donors (Lipinski definition) is 0. The minimum Gasteiger partial charge on any atom is -0.448 e. The molecule has 0 N–H and O–H groups in total. The summed E-state index contributed by atoms with van der Waals surface area (Å²) >= 11 is 0. The van der Waals surface area contributed by atoms with Crippen LogP contribution in [0.4, 0.5) is 21.8 Å². The summed E-state index contributed by atoms with van der Waals surface area (Å²) in [7, 11) is 0. The van der Waals surface area contributed by atoms with Gasteiger partial charge in [-0.15, -0.1) is 0 Å². The fourth-order valence-electron chi connectivity index (χ4n) is 4.09. The van der Waals surface area contributed by atoms with E-state index in [2.05, 4.69) is 12.1 Å². The van der Waals surface area contributed by atoms with E-state index in [1.807, 2.05) is 59.5 Å². The first kappa shape index (κ1) is 15.3. The number of furan rings is 2. The van der Waals surface area contributed by atoms with E-state index in [1.54, 1.807) is 12.5 Å². The predicted molar refractivity (Wildman–Crippen MR) is 109 cm³/mol. The lowest BCUT2D eigenvalue weighted by Gasteiger charge is -2.22. The van der Waals surface area contributed by atoms with Crippen molar-refractivity contribution in [3.8, 4) is 0 Å². The van der Waals surface area contributed by atoms with Gasteiger partial charge in [0.1, 0.15) is 5.82 Å². The normalized spacial score (nSPS) is 11.8. The molecule has 0 bridgehead atoms. The van der Waals surface area contributed by atoms with Gasteiger partial charge in [-0.05, 0) is 40.4 Å². The maximum atomic E-state index is 14.5. The highest BCUT2D eigenvalue weighted by Crippen LogP contribution is 2.44. The van der Waals surface area contributed by atoms with Crippen LogP contribution in [-0.2, 0) is 0 Å². The molecule has 2 aromatic heterocycles. The summed E-state index contributed by atoms with van der Waals surface area (Å²) in [6.45, 7) is 0. The van der Waals surface area contributed by atoms with E-state index in [-0.39, 0.29) is 5.82 Å². The highest BCUT2D eigenvalue weighted by atomic mass is 19.1. The molecule has 6 rings (SSSR count). The molecule has 3 nitrogen and oxygen atoms in total. The smallest absolute Gasteiger partial charge is 0.206 e. The first-order chi connectivity index (χ1) is 13.8. The van der Waals surface area contributed by atoms with Crippen LogP contribution in [0.5, 0.6) is 0 Å². The highest BCUT2D eigenvalue weighted by molar-refractivity contribution is 6.25. The second-order valence-electron chi connectivity index (χ2n) is 6.79. The van der Waals surface area contributed by atoms with E-state index in [0.29, 0.717) is 17.2 Å². The van der Waals surface area contributed by atoms with E-state index in [1.165, 1.54) is 6.07 Å². The number of hydrogen-bond acceptors (Lipinski definition) is 3. The Morgan fingerprint density at radius 1 is 0.607 bits per heavy atom. The second kappa shape index (κ2) is 5.60. The van der Waals surface area contributed by atoms with E-state index in [0.717, 1.165) is 32.6 Å². The van der Waals surface area contributed by atoms with Gasteiger partial charge in [-0.2, -0.15) is 0 Å². The molecule has 0 amide bonds. The van der Waals surface area contributed by atoms with Crippen LogP contribution >= 0.6 is 0 Å². The molecular formula is C24H14FNO2. The molecule has 0 radical (unpaired) electrons. The van der Waals surface area contributed by atoms with Crippen LogP contribution in [0.3, 0.4) is 0 Å². The van der Waals surface area contributed by atoms with Crippen LogP contribution in [0.25, 0.3) is 32.3 Å². The fourth-order valence-corrected chi connectivity index (χ4v) is 4.09. The van der Waals surface area contributed by atoms with Crippen LogP contribution in [0.2, 0.25) is 0 Å². The van der Waals surface area contributed by atoms with Crippen LogP contribution in [-0.4, -0.2) is 0 Å². The van der Waals surface area contributed by atoms with Gasteiger partial charge >= 0.3 is 0 Å². The molecule has 2 heterocycles. The van der Waals surface area contributed by atoms with E-state index >= 15 is 0 Å². The van der Waals surface area contributed by atoms with Crippen LogP contribution in [0.15, 0.2) is 94.2 Å². The third kappa shape index (κ3) is 2.03. The summed E-state index contributed by atoms with van der Waals surface area (Å²) in [5.41, 5.74) is 0.913. The number of halogens is 1. The highest BCUT2D eigenvalue weighted by Gasteiger charge is 2.21. The van der Waals surface area contributed by atoms with Gasteiger partial charge in [0.05, 0.1) is 18.2 Å². The zero-order valence-electron chi connectivity index (χ0n) is 14.7. The number of rotatable bonds is 3. The van der Waals surface area contributed by atoms with Crippen molar-refractivity contribution in [2.75, 3.05) is 4.90 Å². The Bertz CT molecular complexity index is 1380. The Morgan fingerprint density at radius 2 is 1.18 bits per heavy atom. The SMILES string of the molecule is Fc1ccc2ccc3c(N(c4ccco4)c4ccco4)ccc4ccc1c2c43. The summed E-state index contributed by atoms with van der Waals surface area (Å²) in [6, 6.07) is 22.9. The number of nitrogens with zero attached hydrogens (tertiary/aromatic N) is 1. The lowest BCUT2D eigenvalue weighted by atomic mass is 9.93. The Hall–Kier alpha value is -3.79. The van der Waals surface area contributed by atoms with E-state index in [9.17, 15) is 4.39 Å². The summed E-state index contributed by atoms with van der Waals surface area (Å²) in [5.74, 6) is 1.09. The zero-order valence-corrected chi connectivity index (χ0v) is 14.7. The van der Waals surface area contributed by atoms with Gasteiger partial charge in [-0.1, -0.05) is 36.4 Å². The Labute approximate surface area is 159 Å². The van der Waals surface area contributed by atoms with Gasteiger partial charge in [-0.25, -0.2) is 4.39 Å². The van der Waals surface area contributed by atoms with Crippen molar-refractivity contribution >= 4 is 49.8 Å². The average Bonchev–Trinajstić information content (AvgIpc) is 3.43. The molecular weight excluding hydrogens is 353 g/mol. The van der Waals surface area contributed by atoms with Crippen molar-refractivity contribution < 1.29 is 13.2 Å². The first-order valence-corrected chi connectivity index (χ1v) is 9.04. The Balaban J connectivity index is 1.75. The lowest BCUT2D eigenvalue weighted by Crippen LogP contribution is -2.08. The van der Waals surface area contributed by atoms with Crippen molar-refractivity contribution in [3.05, 3.63) is 91.1 Å². The molecule has 134 valence electrons. The minimum atomic E-state index is -0.207. The van der Waals surface area contributed by atoms with Crippen molar-refractivity contribution in [2.45, 2.75) is 0 Å². The van der Waals surface area contributed by atoms with E-state index in [4.69, 9.17) is 8.83 Å². The quantitative estimate of drug-likeness (QED) is 0.306. The maximum Gasteiger partial charge on any atom is 0.206 e. The van der Waals surface area contributed by atoms with E-state index < -0.39 is 0 Å². The second-order valence-corrected chi connectivity index (χ2v) is 6.79. The van der Waals surface area contributed by atoms with Crippen molar-refractivity contribution in [3.63, 3.8) is 0 Å². The molecule has 28 heavy (non-hydrogen) atoms. The van der Waals surface area contributed by atoms with Gasteiger partial charge < -0.3 is 8.83 Å². The minimum absolute atomic E-state index is 0.207. The largest absolute Gasteiger partial charge is 0.448 e. The lowest BCUT2D eigenvalue weighted by molar-refractivity contribution is 0.540. The zero-order chi connectivity index (χ0) is 18.7. The van der Waals surface area contributed by atoms with Crippen molar-refractivity contribution in [1.29, 1.82) is 0 Å². The standard InChI is InChI=1S/C24H14FNO2/c25-19-11-7-15-6-10-18-20(12-8-16-5-9-17(19)23(15)24(16)18)26(21-3-1-13-27-21)22-4-2-14-28-22/h1-14H. The van der Waals surface area contributed by atoms with Gasteiger partial charge in [0.15, 0.2) is 0 Å². The topological polar surface area (TPSA) is 29.5 Å². The van der Waals surface area contributed by atoms with Crippen molar-refractivity contribution in [2.24, 2.45) is 0 Å². The molecule has 0 fully saturated rings. The maximum absolute atomic E-state index is 14.5. The van der Waals surface area contributed by atoms with Gasteiger partial charge in [0.25, 0.3) is 0 Å². The average molecular weight is 367 g/mol. The van der Waals surface area contributed by atoms with Crippen molar-refractivity contribution in [1.82, 2.24) is 0 Å². The Kier molecular flexibility index (Phi) is 3.06. The molecule has 0 aliphatic carbocycles. The third-order valence-corrected chi connectivity index (χ3v) is 5.28. The van der Waals surface area contributed by atoms with Gasteiger partial charge in [0.2, 0.25) is 11.8 Å². The van der Waals surface area contributed by atoms with Gasteiger partial charge in [-0.3, -0.25) is 4.90 Å². The Morgan fingerprint density at radius 3 is 1.82 bits per heavy atom. The molecule has 0 atom stereocenters. The number of benzene rings is 4. The summed E-state index contributed by atoms with van der Waals surface area (Å²) in [6.07, 6.45) is 3.27. The molecule has 0 unspecified atom stereocenters. The van der Waals surface area contributed by atoms with Crippen LogP contribution in [0, 0.1) is 5.82 Å². The predicted octanol–water partition coefficient (Wildman–Crippen LogP) is 7.38. The first-order valence-electron chi connectivity index (χ1n) is 9.04. The molecule has 0 aliphatic rings. The molecule has 4 heteroatoms. The number of anilines is 3. The third-order valence-electron chi connectivity index (χ3n) is 5.28. The molecule has 0 spiro atoms. The molecule has 0 saturated heterocycles. The summed E-state index contributed by atoms with van der Waals surface area (Å²) < 4.78 is 25.9. The summed E-state index contributed by atoms with van der Waals surface area (Å²) in [5, 5.41) is 5.71.